The van der Waals surface area contributed by atoms with Gasteiger partial charge in [-0.2, -0.15) is 0 Å². The first-order valence-electron chi connectivity index (χ1n) is 4.82. The van der Waals surface area contributed by atoms with Crippen molar-refractivity contribution in [3.63, 3.8) is 0 Å². The summed E-state index contributed by atoms with van der Waals surface area (Å²) < 4.78 is 1.06. The van der Waals surface area contributed by atoms with Crippen molar-refractivity contribution in [2.75, 3.05) is 6.54 Å². The maximum absolute atomic E-state index is 11.4. The summed E-state index contributed by atoms with van der Waals surface area (Å²) in [6.07, 6.45) is 0.499. The molecule has 0 saturated heterocycles. The number of nitrogens with two attached hydrogens (primary N) is 1. The Labute approximate surface area is 102 Å². The monoisotopic (exact) mass is 290 g/mol. The second-order valence-corrected chi connectivity index (χ2v) is 5.37. The average molecular weight is 291 g/mol. The maximum atomic E-state index is 11.4. The van der Waals surface area contributed by atoms with E-state index in [1.54, 1.807) is 11.3 Å². The predicted octanol–water partition coefficient (Wildman–Crippen LogP) is 2.11. The number of nitrogens with one attached hydrogen (secondary N) is 1. The number of hydrogen-bond acceptors (Lipinski definition) is 3. The Balaban J connectivity index is 2.31. The second kappa shape index (κ2) is 6.25. The minimum Gasteiger partial charge on any atom is -0.351 e. The minimum absolute atomic E-state index is 0.0632. The first kappa shape index (κ1) is 12.7. The average Bonchev–Trinajstić information content (AvgIpc) is 2.61. The lowest BCUT2D eigenvalue weighted by molar-refractivity contribution is -0.122. The fourth-order valence-electron chi connectivity index (χ4n) is 1.10. The Morgan fingerprint density at radius 3 is 3.00 bits per heavy atom. The van der Waals surface area contributed by atoms with E-state index in [-0.39, 0.29) is 11.8 Å². The molecule has 15 heavy (non-hydrogen) atoms. The molecule has 0 spiro atoms. The number of thiophene rings is 1. The van der Waals surface area contributed by atoms with Crippen molar-refractivity contribution in [1.29, 1.82) is 0 Å². The molecule has 1 atom stereocenters. The quantitative estimate of drug-likeness (QED) is 0.873. The molecule has 3 N–H and O–H groups in total. The van der Waals surface area contributed by atoms with Gasteiger partial charge in [-0.25, -0.2) is 0 Å². The molecule has 1 heterocycles. The van der Waals surface area contributed by atoms with E-state index in [0.29, 0.717) is 19.5 Å². The van der Waals surface area contributed by atoms with Crippen LogP contribution in [0.4, 0.5) is 0 Å². The van der Waals surface area contributed by atoms with Crippen LogP contribution in [0.1, 0.15) is 18.2 Å². The van der Waals surface area contributed by atoms with Gasteiger partial charge in [-0.1, -0.05) is 6.92 Å². The highest BCUT2D eigenvalue weighted by atomic mass is 79.9. The van der Waals surface area contributed by atoms with Gasteiger partial charge in [0.15, 0.2) is 0 Å². The van der Waals surface area contributed by atoms with Gasteiger partial charge >= 0.3 is 0 Å². The molecule has 0 aliphatic carbocycles. The highest BCUT2D eigenvalue weighted by Gasteiger charge is 2.08. The van der Waals surface area contributed by atoms with Gasteiger partial charge < -0.3 is 11.1 Å². The highest BCUT2D eigenvalue weighted by Crippen LogP contribution is 2.22. The normalized spacial score (nSPS) is 12.5. The zero-order valence-electron chi connectivity index (χ0n) is 8.63. The zero-order chi connectivity index (χ0) is 11.3. The lowest BCUT2D eigenvalue weighted by Crippen LogP contribution is -2.26. The van der Waals surface area contributed by atoms with E-state index < -0.39 is 0 Å². The largest absolute Gasteiger partial charge is 0.351 e. The molecule has 0 fully saturated rings. The first-order valence-corrected chi connectivity index (χ1v) is 6.49. The summed E-state index contributed by atoms with van der Waals surface area (Å²) in [6.45, 7) is 3.12. The van der Waals surface area contributed by atoms with Crippen LogP contribution in [0, 0.1) is 5.92 Å². The number of rotatable bonds is 5. The number of halogens is 1. The van der Waals surface area contributed by atoms with Gasteiger partial charge in [0.2, 0.25) is 5.91 Å². The Morgan fingerprint density at radius 1 is 1.73 bits per heavy atom. The van der Waals surface area contributed by atoms with Crippen LogP contribution in [-0.4, -0.2) is 12.5 Å². The van der Waals surface area contributed by atoms with Crippen LogP contribution in [0.25, 0.3) is 0 Å². The van der Waals surface area contributed by atoms with E-state index >= 15 is 0 Å². The fraction of sp³-hybridized carbons (Fsp3) is 0.500. The standard InChI is InChI=1S/C10H15BrN2OS/c1-7(5-12)4-10(14)13-6-9-8(11)2-3-15-9/h2-3,7H,4-6,12H2,1H3,(H,13,14). The van der Waals surface area contributed by atoms with E-state index in [0.717, 1.165) is 9.35 Å². The van der Waals surface area contributed by atoms with Crippen LogP contribution in [0.2, 0.25) is 0 Å². The number of amides is 1. The van der Waals surface area contributed by atoms with Crippen LogP contribution in [0.15, 0.2) is 15.9 Å². The lowest BCUT2D eigenvalue weighted by Gasteiger charge is -2.08. The molecule has 84 valence electrons. The third-order valence-corrected chi connectivity index (χ3v) is 4.00. The smallest absolute Gasteiger partial charge is 0.220 e. The van der Waals surface area contributed by atoms with Crippen molar-refractivity contribution in [2.45, 2.75) is 19.9 Å². The topological polar surface area (TPSA) is 55.1 Å². The molecule has 1 aromatic rings. The summed E-state index contributed by atoms with van der Waals surface area (Å²) in [4.78, 5) is 12.6. The highest BCUT2D eigenvalue weighted by molar-refractivity contribution is 9.10. The molecule has 0 saturated carbocycles. The Kier molecular flexibility index (Phi) is 5.28. The maximum Gasteiger partial charge on any atom is 0.220 e. The van der Waals surface area contributed by atoms with Gasteiger partial charge in [-0.05, 0) is 39.8 Å². The Bertz CT molecular complexity index is 327. The molecule has 1 amide bonds. The van der Waals surface area contributed by atoms with Gasteiger partial charge in [0.1, 0.15) is 0 Å². The van der Waals surface area contributed by atoms with Crippen LogP contribution in [0.3, 0.4) is 0 Å². The van der Waals surface area contributed by atoms with Gasteiger partial charge in [-0.3, -0.25) is 4.79 Å². The Morgan fingerprint density at radius 2 is 2.47 bits per heavy atom. The van der Waals surface area contributed by atoms with E-state index in [2.05, 4.69) is 21.2 Å². The molecule has 1 rings (SSSR count). The molecule has 0 aliphatic rings. The van der Waals surface area contributed by atoms with Crippen molar-refractivity contribution in [3.05, 3.63) is 20.8 Å². The summed E-state index contributed by atoms with van der Waals surface area (Å²) in [5.74, 6) is 0.310. The van der Waals surface area contributed by atoms with Crippen molar-refractivity contribution < 1.29 is 4.79 Å². The summed E-state index contributed by atoms with van der Waals surface area (Å²) >= 11 is 5.05. The van der Waals surface area contributed by atoms with E-state index in [1.807, 2.05) is 18.4 Å². The van der Waals surface area contributed by atoms with Crippen LogP contribution in [-0.2, 0) is 11.3 Å². The fourth-order valence-corrected chi connectivity index (χ4v) is 2.53. The molecule has 0 aliphatic heterocycles. The molecule has 1 unspecified atom stereocenters. The van der Waals surface area contributed by atoms with Gasteiger partial charge in [0, 0.05) is 15.8 Å². The molecule has 0 radical (unpaired) electrons. The van der Waals surface area contributed by atoms with Crippen LogP contribution >= 0.6 is 27.3 Å². The van der Waals surface area contributed by atoms with Crippen molar-refractivity contribution >= 4 is 33.2 Å². The third-order valence-electron chi connectivity index (χ3n) is 2.07. The number of carbonyl (C=O) groups excluding carboxylic acids is 1. The summed E-state index contributed by atoms with van der Waals surface area (Å²) in [7, 11) is 0. The Hall–Kier alpha value is -0.390. The van der Waals surface area contributed by atoms with E-state index in [9.17, 15) is 4.79 Å². The third kappa shape index (κ3) is 4.32. The molecule has 1 aromatic heterocycles. The van der Waals surface area contributed by atoms with Crippen molar-refractivity contribution in [1.82, 2.24) is 5.32 Å². The van der Waals surface area contributed by atoms with Gasteiger partial charge in [0.25, 0.3) is 0 Å². The van der Waals surface area contributed by atoms with Gasteiger partial charge in [0.05, 0.1) is 6.54 Å². The van der Waals surface area contributed by atoms with E-state index in [4.69, 9.17) is 5.73 Å². The molecule has 5 heteroatoms. The molecular weight excluding hydrogens is 276 g/mol. The van der Waals surface area contributed by atoms with Crippen LogP contribution < -0.4 is 11.1 Å². The van der Waals surface area contributed by atoms with Crippen LogP contribution in [0.5, 0.6) is 0 Å². The van der Waals surface area contributed by atoms with Crippen molar-refractivity contribution in [3.8, 4) is 0 Å². The predicted molar refractivity (Wildman–Crippen MR) is 66.7 cm³/mol. The zero-order valence-corrected chi connectivity index (χ0v) is 11.0. The lowest BCUT2D eigenvalue weighted by atomic mass is 10.1. The summed E-state index contributed by atoms with van der Waals surface area (Å²) in [5.41, 5.74) is 5.45. The second-order valence-electron chi connectivity index (χ2n) is 3.51. The number of carbonyl (C=O) groups is 1. The molecule has 0 aromatic carbocycles. The summed E-state index contributed by atoms with van der Waals surface area (Å²) in [6, 6.07) is 1.98. The summed E-state index contributed by atoms with van der Waals surface area (Å²) in [5, 5.41) is 4.87. The molecule has 3 nitrogen and oxygen atoms in total. The van der Waals surface area contributed by atoms with Crippen molar-refractivity contribution in [2.24, 2.45) is 11.7 Å². The molecular formula is C10H15BrN2OS. The van der Waals surface area contributed by atoms with Gasteiger partial charge in [-0.15, -0.1) is 11.3 Å². The number of hydrogen-bond donors (Lipinski definition) is 2. The SMILES string of the molecule is CC(CN)CC(=O)NCc1sccc1Br. The van der Waals surface area contributed by atoms with E-state index in [1.165, 1.54) is 0 Å². The minimum atomic E-state index is 0.0632. The first-order chi connectivity index (χ1) is 7.13. The molecule has 0 bridgehead atoms.